The van der Waals surface area contributed by atoms with Gasteiger partial charge in [-0.25, -0.2) is 0 Å². The summed E-state index contributed by atoms with van der Waals surface area (Å²) in [6, 6.07) is 8.66. The molecule has 0 N–H and O–H groups in total. The van der Waals surface area contributed by atoms with Crippen molar-refractivity contribution in [3.63, 3.8) is 0 Å². The summed E-state index contributed by atoms with van der Waals surface area (Å²) >= 11 is 1.87. The Labute approximate surface area is 197 Å². The van der Waals surface area contributed by atoms with Crippen LogP contribution in [0.5, 0.6) is 0 Å². The second-order valence-electron chi connectivity index (χ2n) is 7.34. The van der Waals surface area contributed by atoms with Crippen LogP contribution in [0, 0.1) is 12.8 Å². The van der Waals surface area contributed by atoms with Crippen LogP contribution >= 0.6 is 11.8 Å². The van der Waals surface area contributed by atoms with Crippen LogP contribution in [0.4, 0.5) is 0 Å². The summed E-state index contributed by atoms with van der Waals surface area (Å²) in [7, 11) is 0. The lowest BCUT2D eigenvalue weighted by atomic mass is 10.1. The highest BCUT2D eigenvalue weighted by Gasteiger charge is 2.03. The topological polar surface area (TPSA) is 17.1 Å². The summed E-state index contributed by atoms with van der Waals surface area (Å²) in [6.45, 7) is 20.5. The normalized spacial score (nSPS) is 14.9. The molecule has 174 valence electrons. The van der Waals surface area contributed by atoms with Crippen molar-refractivity contribution in [3.05, 3.63) is 81.2 Å². The molecule has 1 atom stereocenters. The number of Topliss-reactive ketones (excluding diaryl/α,β-unsaturated/α-hetero) is 1. The minimum Gasteiger partial charge on any atom is -0.300 e. The molecule has 0 fully saturated rings. The van der Waals surface area contributed by atoms with Gasteiger partial charge in [0.15, 0.2) is 0 Å². The molecule has 1 aromatic rings. The largest absolute Gasteiger partial charge is 0.300 e. The van der Waals surface area contributed by atoms with Crippen LogP contribution in [0.15, 0.2) is 70.0 Å². The Balaban J connectivity index is 0. The number of ketones is 1. The maximum Gasteiger partial charge on any atom is 0.129 e. The lowest BCUT2D eigenvalue weighted by Crippen LogP contribution is -1.80. The van der Waals surface area contributed by atoms with Gasteiger partial charge in [0.2, 0.25) is 0 Å². The quantitative estimate of drug-likeness (QED) is 0.451. The molecule has 1 nitrogen and oxygen atoms in total. The summed E-state index contributed by atoms with van der Waals surface area (Å²) in [6.07, 6.45) is 14.2. The van der Waals surface area contributed by atoms with Gasteiger partial charge in [-0.3, -0.25) is 0 Å². The Hall–Kier alpha value is -1.80. The molecular weight excluding hydrogens is 396 g/mol. The standard InChI is InChI=1S/C14H20S.C9H12.C4H8O.C2H6/c1-5-6-13(4)15-14-10-8-11(2)7-9-12(14)3;1-3-9-6-4-8(2)5-7-9;1-3-4(2)5;1-2/h6-11H,5H2,1-4H3;4-7H,3H2,1-2H3;3H2,1-2H3;1-2H3/b13-6+;;;. The molecule has 0 saturated carbocycles. The lowest BCUT2D eigenvalue weighted by molar-refractivity contribution is -0.116. The molecule has 2 heteroatoms. The van der Waals surface area contributed by atoms with E-state index in [0.717, 1.165) is 12.8 Å². The Bertz CT molecular complexity index is 718. The molecule has 0 spiro atoms. The molecule has 1 aromatic carbocycles. The van der Waals surface area contributed by atoms with E-state index in [1.54, 1.807) is 6.92 Å². The zero-order chi connectivity index (χ0) is 24.2. The van der Waals surface area contributed by atoms with Crippen LogP contribution in [-0.4, -0.2) is 5.78 Å². The Morgan fingerprint density at radius 2 is 1.48 bits per heavy atom. The highest BCUT2D eigenvalue weighted by molar-refractivity contribution is 8.06. The van der Waals surface area contributed by atoms with Crippen molar-refractivity contribution in [1.29, 1.82) is 0 Å². The van der Waals surface area contributed by atoms with Gasteiger partial charge in [0.05, 0.1) is 0 Å². The van der Waals surface area contributed by atoms with Crippen LogP contribution in [0.25, 0.3) is 0 Å². The van der Waals surface area contributed by atoms with Gasteiger partial charge in [-0.1, -0.05) is 114 Å². The smallest absolute Gasteiger partial charge is 0.129 e. The first-order chi connectivity index (χ1) is 14.7. The first kappa shape index (κ1) is 31.4. The van der Waals surface area contributed by atoms with Gasteiger partial charge in [0.25, 0.3) is 0 Å². The molecule has 0 heterocycles. The highest BCUT2D eigenvalue weighted by atomic mass is 32.2. The number of hydrogen-bond donors (Lipinski definition) is 0. The third-order valence-electron chi connectivity index (χ3n) is 4.38. The fraction of sp³-hybridized carbons (Fsp3) is 0.483. The van der Waals surface area contributed by atoms with Crippen molar-refractivity contribution in [3.8, 4) is 0 Å². The molecule has 0 radical (unpaired) electrons. The Morgan fingerprint density at radius 3 is 1.94 bits per heavy atom. The van der Waals surface area contributed by atoms with E-state index >= 15 is 0 Å². The number of rotatable bonds is 5. The molecule has 0 aromatic heterocycles. The van der Waals surface area contributed by atoms with E-state index in [1.165, 1.54) is 26.5 Å². The predicted molar refractivity (Wildman–Crippen MR) is 145 cm³/mol. The van der Waals surface area contributed by atoms with Crippen molar-refractivity contribution in [2.45, 2.75) is 88.5 Å². The Kier molecular flexibility index (Phi) is 20.4. The van der Waals surface area contributed by atoms with E-state index in [1.807, 2.05) is 32.5 Å². The van der Waals surface area contributed by atoms with Gasteiger partial charge in [-0.2, -0.15) is 0 Å². The van der Waals surface area contributed by atoms with E-state index < -0.39 is 0 Å². The molecule has 0 bridgehead atoms. The summed E-state index contributed by atoms with van der Waals surface area (Å²) in [5.74, 6) is 0.804. The van der Waals surface area contributed by atoms with Crippen molar-refractivity contribution in [1.82, 2.24) is 0 Å². The highest BCUT2D eigenvalue weighted by Crippen LogP contribution is 2.31. The number of allylic oxidation sites excluding steroid dienone is 7. The Morgan fingerprint density at radius 1 is 0.968 bits per heavy atom. The number of aryl methyl sites for hydroxylation is 2. The van der Waals surface area contributed by atoms with Gasteiger partial charge in [-0.05, 0) is 62.5 Å². The second-order valence-corrected chi connectivity index (χ2v) is 8.63. The monoisotopic (exact) mass is 442 g/mol. The third kappa shape index (κ3) is 17.6. The molecule has 0 amide bonds. The first-order valence-corrected chi connectivity index (χ1v) is 12.5. The van der Waals surface area contributed by atoms with E-state index in [0.29, 0.717) is 12.3 Å². The minimum atomic E-state index is 0.255. The molecule has 0 saturated heterocycles. The van der Waals surface area contributed by atoms with Crippen molar-refractivity contribution >= 4 is 17.5 Å². The summed E-state index contributed by atoms with van der Waals surface area (Å²) in [5.41, 5.74) is 4.12. The summed E-state index contributed by atoms with van der Waals surface area (Å²) in [4.78, 5) is 12.6. The zero-order valence-electron chi connectivity index (χ0n) is 21.7. The molecule has 1 unspecified atom stereocenters. The fourth-order valence-corrected chi connectivity index (χ4v) is 3.23. The van der Waals surface area contributed by atoms with E-state index in [-0.39, 0.29) is 5.78 Å². The molecule has 0 aliphatic heterocycles. The SMILES string of the molecule is CC.CC/C=C(\C)SC1=C(C)C=CC(C)C=C1.CCC(C)=O.CCc1ccc(C)cc1. The summed E-state index contributed by atoms with van der Waals surface area (Å²) in [5, 5.41) is 0. The van der Waals surface area contributed by atoms with E-state index in [4.69, 9.17) is 0 Å². The molecular formula is C29H46OS. The van der Waals surface area contributed by atoms with Gasteiger partial charge in [0, 0.05) is 11.3 Å². The lowest BCUT2D eigenvalue weighted by Gasteiger charge is -2.04. The maximum absolute atomic E-state index is 9.81. The van der Waals surface area contributed by atoms with Crippen LogP contribution < -0.4 is 0 Å². The number of carbonyl (C=O) groups is 1. The number of benzene rings is 1. The van der Waals surface area contributed by atoms with Gasteiger partial charge in [0.1, 0.15) is 5.78 Å². The van der Waals surface area contributed by atoms with Gasteiger partial charge >= 0.3 is 0 Å². The zero-order valence-corrected chi connectivity index (χ0v) is 22.5. The van der Waals surface area contributed by atoms with E-state index in [2.05, 4.69) is 96.2 Å². The van der Waals surface area contributed by atoms with Crippen molar-refractivity contribution in [2.75, 3.05) is 0 Å². The van der Waals surface area contributed by atoms with Crippen LogP contribution in [0.2, 0.25) is 0 Å². The number of hydrogen-bond acceptors (Lipinski definition) is 2. The maximum atomic E-state index is 9.81. The first-order valence-electron chi connectivity index (χ1n) is 11.7. The average Bonchev–Trinajstić information content (AvgIpc) is 2.92. The third-order valence-corrected chi connectivity index (χ3v) is 5.55. The fourth-order valence-electron chi connectivity index (χ4n) is 2.25. The second kappa shape index (κ2) is 20.1. The van der Waals surface area contributed by atoms with Crippen LogP contribution in [0.1, 0.15) is 86.3 Å². The van der Waals surface area contributed by atoms with Gasteiger partial charge in [-0.15, -0.1) is 0 Å². The molecule has 31 heavy (non-hydrogen) atoms. The van der Waals surface area contributed by atoms with Crippen molar-refractivity contribution in [2.24, 2.45) is 5.92 Å². The predicted octanol–water partition coefficient (Wildman–Crippen LogP) is 9.64. The van der Waals surface area contributed by atoms with Crippen LogP contribution in [-0.2, 0) is 11.2 Å². The van der Waals surface area contributed by atoms with Crippen molar-refractivity contribution < 1.29 is 4.79 Å². The average molecular weight is 443 g/mol. The number of carbonyl (C=O) groups excluding carboxylic acids is 1. The van der Waals surface area contributed by atoms with Gasteiger partial charge < -0.3 is 4.79 Å². The van der Waals surface area contributed by atoms with Crippen LogP contribution in [0.3, 0.4) is 0 Å². The molecule has 1 aliphatic rings. The summed E-state index contributed by atoms with van der Waals surface area (Å²) < 4.78 is 0. The molecule has 1 aliphatic carbocycles. The van der Waals surface area contributed by atoms with E-state index in [9.17, 15) is 4.79 Å². The molecule has 2 rings (SSSR count). The minimum absolute atomic E-state index is 0.255. The number of thioether (sulfide) groups is 1.